The Morgan fingerprint density at radius 3 is 2.72 bits per heavy atom. The predicted molar refractivity (Wildman–Crippen MR) is 92.7 cm³/mol. The number of anilines is 1. The zero-order chi connectivity index (χ0) is 17.9. The van der Waals surface area contributed by atoms with Gasteiger partial charge in [0.2, 0.25) is 0 Å². The first-order valence-corrected chi connectivity index (χ1v) is 9.70. The van der Waals surface area contributed by atoms with E-state index in [1.807, 2.05) is 18.2 Å². The maximum Gasteiger partial charge on any atom is 0.274 e. The number of hydrogen-bond acceptors (Lipinski definition) is 7. The number of amides is 1. The third kappa shape index (κ3) is 4.30. The second-order valence-electron chi connectivity index (χ2n) is 5.93. The van der Waals surface area contributed by atoms with E-state index >= 15 is 0 Å². The molecule has 1 amide bonds. The maximum absolute atomic E-state index is 12.4. The largest absolute Gasteiger partial charge is 0.363 e. The van der Waals surface area contributed by atoms with E-state index < -0.39 is 9.84 Å². The Bertz CT molecular complexity index is 840. The van der Waals surface area contributed by atoms with Gasteiger partial charge in [0.05, 0.1) is 36.1 Å². The third-order valence-corrected chi connectivity index (χ3v) is 5.87. The average Bonchev–Trinajstić information content (AvgIpc) is 3.00. The Labute approximate surface area is 146 Å². The zero-order valence-electron chi connectivity index (χ0n) is 13.8. The molecule has 0 saturated carbocycles. The smallest absolute Gasteiger partial charge is 0.274 e. The molecule has 9 heteroatoms. The second kappa shape index (κ2) is 7.14. The van der Waals surface area contributed by atoms with Crippen molar-refractivity contribution >= 4 is 21.6 Å². The van der Waals surface area contributed by atoms with Crippen LogP contribution in [0, 0.1) is 0 Å². The van der Waals surface area contributed by atoms with E-state index in [2.05, 4.69) is 20.3 Å². The first-order chi connectivity index (χ1) is 11.9. The van der Waals surface area contributed by atoms with Gasteiger partial charge in [-0.05, 0) is 18.6 Å². The second-order valence-corrected chi connectivity index (χ2v) is 8.16. The van der Waals surface area contributed by atoms with Crippen molar-refractivity contribution in [2.75, 3.05) is 23.9 Å². The van der Waals surface area contributed by atoms with Crippen molar-refractivity contribution in [2.24, 2.45) is 0 Å². The van der Waals surface area contributed by atoms with Gasteiger partial charge in [-0.1, -0.05) is 6.07 Å². The molecule has 3 heterocycles. The van der Waals surface area contributed by atoms with Gasteiger partial charge in [-0.3, -0.25) is 9.78 Å². The molecule has 1 saturated heterocycles. The lowest BCUT2D eigenvalue weighted by Gasteiger charge is -2.22. The lowest BCUT2D eigenvalue weighted by molar-refractivity contribution is 0.0741. The number of pyridine rings is 1. The van der Waals surface area contributed by atoms with Gasteiger partial charge in [-0.15, -0.1) is 0 Å². The molecule has 1 fully saturated rings. The lowest BCUT2D eigenvalue weighted by Crippen LogP contribution is -2.38. The van der Waals surface area contributed by atoms with E-state index in [1.165, 1.54) is 17.3 Å². The van der Waals surface area contributed by atoms with Crippen molar-refractivity contribution < 1.29 is 13.2 Å². The standard InChI is InChI=1S/C16H19N5O3S/c1-21(13-5-7-25(23,24)11-13)16(22)14-9-20-15(10-18-14)19-8-12-4-2-3-6-17-12/h2-4,6,9-10,13H,5,7-8,11H2,1H3,(H,19,20). The van der Waals surface area contributed by atoms with E-state index in [0.29, 0.717) is 18.8 Å². The summed E-state index contributed by atoms with van der Waals surface area (Å²) in [6.45, 7) is 0.503. The van der Waals surface area contributed by atoms with Crippen molar-refractivity contribution in [3.8, 4) is 0 Å². The van der Waals surface area contributed by atoms with Crippen LogP contribution in [0.2, 0.25) is 0 Å². The molecule has 1 unspecified atom stereocenters. The van der Waals surface area contributed by atoms with Gasteiger partial charge in [-0.25, -0.2) is 18.4 Å². The van der Waals surface area contributed by atoms with E-state index in [-0.39, 0.29) is 29.1 Å². The predicted octanol–water partition coefficient (Wildman–Crippen LogP) is 0.743. The molecule has 0 spiro atoms. The number of rotatable bonds is 5. The third-order valence-electron chi connectivity index (χ3n) is 4.12. The fourth-order valence-corrected chi connectivity index (χ4v) is 4.42. The molecule has 25 heavy (non-hydrogen) atoms. The SMILES string of the molecule is CN(C(=O)c1cnc(NCc2ccccn2)cn1)C1CCS(=O)(=O)C1. The fraction of sp³-hybridized carbons (Fsp3) is 0.375. The Morgan fingerprint density at radius 1 is 1.28 bits per heavy atom. The van der Waals surface area contributed by atoms with Crippen LogP contribution in [-0.2, 0) is 16.4 Å². The fourth-order valence-electron chi connectivity index (χ4n) is 2.64. The minimum atomic E-state index is -3.04. The molecule has 0 aromatic carbocycles. The summed E-state index contributed by atoms with van der Waals surface area (Å²) in [5.41, 5.74) is 1.06. The molecule has 0 aliphatic carbocycles. The summed E-state index contributed by atoms with van der Waals surface area (Å²) >= 11 is 0. The molecule has 8 nitrogen and oxygen atoms in total. The van der Waals surface area contributed by atoms with Gasteiger partial charge >= 0.3 is 0 Å². The Kier molecular flexibility index (Phi) is 4.93. The number of carbonyl (C=O) groups is 1. The molecule has 2 aromatic rings. The van der Waals surface area contributed by atoms with Gasteiger partial charge in [0.15, 0.2) is 9.84 Å². The Morgan fingerprint density at radius 2 is 2.12 bits per heavy atom. The van der Waals surface area contributed by atoms with Gasteiger partial charge < -0.3 is 10.2 Å². The minimum absolute atomic E-state index is 0.00633. The van der Waals surface area contributed by atoms with Crippen LogP contribution in [0.25, 0.3) is 0 Å². The molecule has 0 bridgehead atoms. The lowest BCUT2D eigenvalue weighted by atomic mass is 10.2. The number of aromatic nitrogens is 3. The number of nitrogens with one attached hydrogen (secondary N) is 1. The molecule has 0 radical (unpaired) electrons. The van der Waals surface area contributed by atoms with E-state index in [1.54, 1.807) is 13.2 Å². The first-order valence-electron chi connectivity index (χ1n) is 7.88. The molecule has 1 atom stereocenters. The van der Waals surface area contributed by atoms with Crippen molar-refractivity contribution in [2.45, 2.75) is 19.0 Å². The molecular formula is C16H19N5O3S. The number of hydrogen-bond donors (Lipinski definition) is 1. The van der Waals surface area contributed by atoms with Crippen molar-refractivity contribution in [1.82, 2.24) is 19.9 Å². The number of sulfone groups is 1. The van der Waals surface area contributed by atoms with Crippen LogP contribution in [0.15, 0.2) is 36.8 Å². The minimum Gasteiger partial charge on any atom is -0.363 e. The Hall–Kier alpha value is -2.55. The van der Waals surface area contributed by atoms with Crippen LogP contribution in [0.1, 0.15) is 22.6 Å². The molecule has 1 aliphatic rings. The summed E-state index contributed by atoms with van der Waals surface area (Å²) in [6.07, 6.45) is 5.05. The highest BCUT2D eigenvalue weighted by atomic mass is 32.2. The monoisotopic (exact) mass is 361 g/mol. The zero-order valence-corrected chi connectivity index (χ0v) is 14.6. The van der Waals surface area contributed by atoms with Gasteiger partial charge in [0, 0.05) is 19.3 Å². The van der Waals surface area contributed by atoms with Crippen LogP contribution in [0.5, 0.6) is 0 Å². The summed E-state index contributed by atoms with van der Waals surface area (Å²) < 4.78 is 23.1. The summed E-state index contributed by atoms with van der Waals surface area (Å²) in [5, 5.41) is 3.08. The van der Waals surface area contributed by atoms with Crippen molar-refractivity contribution in [1.29, 1.82) is 0 Å². The van der Waals surface area contributed by atoms with Gasteiger partial charge in [0.1, 0.15) is 11.5 Å². The summed E-state index contributed by atoms with van der Waals surface area (Å²) in [6, 6.07) is 5.33. The van der Waals surface area contributed by atoms with Crippen molar-refractivity contribution in [3.05, 3.63) is 48.2 Å². The normalized spacial score (nSPS) is 18.7. The molecule has 2 aromatic heterocycles. The van der Waals surface area contributed by atoms with Crippen LogP contribution >= 0.6 is 0 Å². The van der Waals surface area contributed by atoms with Crippen LogP contribution in [0.3, 0.4) is 0 Å². The molecule has 132 valence electrons. The average molecular weight is 361 g/mol. The maximum atomic E-state index is 12.4. The molecule has 1 aliphatic heterocycles. The van der Waals surface area contributed by atoms with Crippen LogP contribution in [-0.4, -0.2) is 58.8 Å². The number of carbonyl (C=O) groups excluding carboxylic acids is 1. The van der Waals surface area contributed by atoms with E-state index in [0.717, 1.165) is 5.69 Å². The van der Waals surface area contributed by atoms with E-state index in [9.17, 15) is 13.2 Å². The highest BCUT2D eigenvalue weighted by molar-refractivity contribution is 7.91. The molecule has 3 rings (SSSR count). The highest BCUT2D eigenvalue weighted by Gasteiger charge is 2.33. The molecule has 1 N–H and O–H groups in total. The quantitative estimate of drug-likeness (QED) is 0.837. The van der Waals surface area contributed by atoms with Gasteiger partial charge in [-0.2, -0.15) is 0 Å². The Balaban J connectivity index is 1.60. The van der Waals surface area contributed by atoms with E-state index in [4.69, 9.17) is 0 Å². The summed E-state index contributed by atoms with van der Waals surface area (Å²) in [4.78, 5) is 26.4. The van der Waals surface area contributed by atoms with Gasteiger partial charge in [0.25, 0.3) is 5.91 Å². The topological polar surface area (TPSA) is 105 Å². The first kappa shape index (κ1) is 17.3. The number of nitrogens with zero attached hydrogens (tertiary/aromatic N) is 4. The van der Waals surface area contributed by atoms with Crippen LogP contribution < -0.4 is 5.32 Å². The highest BCUT2D eigenvalue weighted by Crippen LogP contribution is 2.18. The van der Waals surface area contributed by atoms with Crippen molar-refractivity contribution in [3.63, 3.8) is 0 Å². The van der Waals surface area contributed by atoms with Crippen LogP contribution in [0.4, 0.5) is 5.82 Å². The summed E-state index contributed by atoms with van der Waals surface area (Å²) in [5.74, 6) is 0.336. The molecular weight excluding hydrogens is 342 g/mol. The summed E-state index contributed by atoms with van der Waals surface area (Å²) in [7, 11) is -1.44.